The summed E-state index contributed by atoms with van der Waals surface area (Å²) in [6.07, 6.45) is 2.12. The van der Waals surface area contributed by atoms with Gasteiger partial charge in [0.1, 0.15) is 16.2 Å². The summed E-state index contributed by atoms with van der Waals surface area (Å²) in [4.78, 5) is 15.8. The van der Waals surface area contributed by atoms with Crippen molar-refractivity contribution in [3.63, 3.8) is 0 Å². The van der Waals surface area contributed by atoms with E-state index in [0.717, 1.165) is 10.9 Å². The zero-order chi connectivity index (χ0) is 20.9. The Morgan fingerprint density at radius 1 is 1.17 bits per heavy atom. The Morgan fingerprint density at radius 3 is 2.76 bits per heavy atom. The Hall–Kier alpha value is -2.68. The molecular formula is C20H19ClN2O5S. The molecule has 0 bridgehead atoms. The lowest BCUT2D eigenvalue weighted by Crippen LogP contribution is -2.26. The quantitative estimate of drug-likeness (QED) is 0.431. The lowest BCUT2D eigenvalue weighted by atomic mass is 10.2. The van der Waals surface area contributed by atoms with E-state index in [-0.39, 0.29) is 22.0 Å². The molecule has 0 aliphatic heterocycles. The molecule has 0 saturated carbocycles. The molecule has 0 aliphatic rings. The number of sulfonamides is 1. The van der Waals surface area contributed by atoms with E-state index in [2.05, 4.69) is 14.4 Å². The average Bonchev–Trinajstić information content (AvgIpc) is 2.73. The molecule has 9 heteroatoms. The molecule has 29 heavy (non-hydrogen) atoms. The van der Waals surface area contributed by atoms with Crippen molar-refractivity contribution in [2.24, 2.45) is 0 Å². The number of hydrogen-bond donors (Lipinski definition) is 1. The van der Waals surface area contributed by atoms with E-state index >= 15 is 0 Å². The number of benzene rings is 2. The molecule has 0 aliphatic carbocycles. The third kappa shape index (κ3) is 5.03. The number of nitrogens with zero attached hydrogens (tertiary/aromatic N) is 1. The molecule has 0 atom stereocenters. The van der Waals surface area contributed by atoms with Crippen LogP contribution >= 0.6 is 11.6 Å². The van der Waals surface area contributed by atoms with Crippen LogP contribution in [0.3, 0.4) is 0 Å². The van der Waals surface area contributed by atoms with Crippen LogP contribution in [-0.4, -0.2) is 39.6 Å². The highest BCUT2D eigenvalue weighted by atomic mass is 35.5. The van der Waals surface area contributed by atoms with Crippen molar-refractivity contribution < 1.29 is 22.7 Å². The second-order valence-electron chi connectivity index (χ2n) is 6.07. The number of ether oxygens (including phenoxy) is 2. The van der Waals surface area contributed by atoms with Gasteiger partial charge in [-0.2, -0.15) is 0 Å². The number of rotatable bonds is 8. The smallest absolute Gasteiger partial charge is 0.337 e. The lowest BCUT2D eigenvalue weighted by Gasteiger charge is -2.11. The molecule has 0 spiro atoms. The van der Waals surface area contributed by atoms with Gasteiger partial charge < -0.3 is 9.47 Å². The zero-order valence-corrected chi connectivity index (χ0v) is 17.2. The fraction of sp³-hybridized carbons (Fsp3) is 0.200. The van der Waals surface area contributed by atoms with Gasteiger partial charge in [0.15, 0.2) is 0 Å². The molecule has 152 valence electrons. The monoisotopic (exact) mass is 434 g/mol. The summed E-state index contributed by atoms with van der Waals surface area (Å²) in [6, 6.07) is 13.4. The number of carbonyl (C=O) groups excluding carboxylic acids is 1. The van der Waals surface area contributed by atoms with Crippen LogP contribution in [-0.2, 0) is 14.8 Å². The summed E-state index contributed by atoms with van der Waals surface area (Å²) >= 11 is 6.00. The van der Waals surface area contributed by atoms with Gasteiger partial charge in [0.25, 0.3) is 0 Å². The minimum absolute atomic E-state index is 0.0169. The average molecular weight is 435 g/mol. The molecule has 0 amide bonds. The van der Waals surface area contributed by atoms with E-state index in [1.165, 1.54) is 25.3 Å². The molecule has 1 N–H and O–H groups in total. The Bertz CT molecular complexity index is 1130. The van der Waals surface area contributed by atoms with Crippen molar-refractivity contribution in [3.05, 3.63) is 65.3 Å². The highest BCUT2D eigenvalue weighted by Gasteiger charge is 2.20. The molecular weight excluding hydrogens is 416 g/mol. The summed E-state index contributed by atoms with van der Waals surface area (Å²) in [6.45, 7) is 0.438. The minimum Gasteiger partial charge on any atom is -0.491 e. The molecule has 0 unspecified atom stereocenters. The second kappa shape index (κ2) is 9.21. The predicted octanol–water partition coefficient (Wildman–Crippen LogP) is 3.42. The summed E-state index contributed by atoms with van der Waals surface area (Å²) in [7, 11) is -2.68. The molecule has 1 heterocycles. The van der Waals surface area contributed by atoms with Crippen molar-refractivity contribution >= 4 is 38.5 Å². The molecule has 0 radical (unpaired) electrons. The number of carbonyl (C=O) groups is 1. The Balaban J connectivity index is 1.59. The number of aromatic nitrogens is 1. The molecule has 2 aromatic carbocycles. The first-order chi connectivity index (χ1) is 13.9. The van der Waals surface area contributed by atoms with E-state index < -0.39 is 16.0 Å². The fourth-order valence-electron chi connectivity index (χ4n) is 2.69. The van der Waals surface area contributed by atoms with Gasteiger partial charge in [-0.05, 0) is 36.8 Å². The predicted molar refractivity (Wildman–Crippen MR) is 110 cm³/mol. The van der Waals surface area contributed by atoms with Gasteiger partial charge in [-0.1, -0.05) is 29.8 Å². The first-order valence-corrected chi connectivity index (χ1v) is 10.6. The Morgan fingerprint density at radius 2 is 1.97 bits per heavy atom. The van der Waals surface area contributed by atoms with Crippen LogP contribution < -0.4 is 9.46 Å². The van der Waals surface area contributed by atoms with Gasteiger partial charge in [-0.25, -0.2) is 17.9 Å². The summed E-state index contributed by atoms with van der Waals surface area (Å²) < 4.78 is 37.9. The van der Waals surface area contributed by atoms with E-state index in [1.807, 2.05) is 30.3 Å². The largest absolute Gasteiger partial charge is 0.491 e. The van der Waals surface area contributed by atoms with Crippen molar-refractivity contribution in [1.82, 2.24) is 9.71 Å². The minimum atomic E-state index is -3.89. The van der Waals surface area contributed by atoms with Crippen molar-refractivity contribution in [2.45, 2.75) is 11.3 Å². The topological polar surface area (TPSA) is 94.6 Å². The van der Waals surface area contributed by atoms with Gasteiger partial charge >= 0.3 is 5.97 Å². The van der Waals surface area contributed by atoms with Crippen LogP contribution in [0, 0.1) is 0 Å². The van der Waals surface area contributed by atoms with Gasteiger partial charge in [-0.3, -0.25) is 4.98 Å². The van der Waals surface area contributed by atoms with Gasteiger partial charge in [0.05, 0.1) is 24.3 Å². The number of fused-ring (bicyclic) bond motifs is 1. The number of hydrogen-bond acceptors (Lipinski definition) is 6. The van der Waals surface area contributed by atoms with E-state index in [0.29, 0.717) is 18.8 Å². The number of nitrogens with one attached hydrogen (secondary N) is 1. The van der Waals surface area contributed by atoms with Crippen LogP contribution in [0.15, 0.2) is 59.6 Å². The molecule has 3 rings (SSSR count). The maximum atomic E-state index is 12.5. The number of para-hydroxylation sites is 1. The zero-order valence-electron chi connectivity index (χ0n) is 15.6. The van der Waals surface area contributed by atoms with Crippen LogP contribution in [0.25, 0.3) is 10.9 Å². The number of halogens is 1. The van der Waals surface area contributed by atoms with E-state index in [9.17, 15) is 13.2 Å². The van der Waals surface area contributed by atoms with Crippen LogP contribution in [0.2, 0.25) is 5.02 Å². The highest BCUT2D eigenvalue weighted by Crippen LogP contribution is 2.24. The first kappa shape index (κ1) is 21.0. The number of methoxy groups -OCH3 is 1. The Kier molecular flexibility index (Phi) is 6.68. The maximum Gasteiger partial charge on any atom is 0.337 e. The SMILES string of the molecule is COC(=O)c1ccc(Cl)c(S(=O)(=O)NCCCOc2cccc3cccnc23)c1. The van der Waals surface area contributed by atoms with Crippen molar-refractivity contribution in [2.75, 3.05) is 20.3 Å². The fourth-order valence-corrected chi connectivity index (χ4v) is 4.28. The Labute approximate surface area is 173 Å². The van der Waals surface area contributed by atoms with Crippen molar-refractivity contribution in [3.8, 4) is 5.75 Å². The first-order valence-electron chi connectivity index (χ1n) is 8.76. The summed E-state index contributed by atoms with van der Waals surface area (Å²) in [5.41, 5.74) is 0.853. The second-order valence-corrected chi connectivity index (χ2v) is 8.21. The van der Waals surface area contributed by atoms with Gasteiger partial charge in [-0.15, -0.1) is 0 Å². The molecule has 0 saturated heterocycles. The maximum absolute atomic E-state index is 12.5. The molecule has 1 aromatic heterocycles. The molecule has 7 nitrogen and oxygen atoms in total. The molecule has 3 aromatic rings. The normalized spacial score (nSPS) is 11.4. The summed E-state index contributed by atoms with van der Waals surface area (Å²) in [5, 5.41) is 0.981. The van der Waals surface area contributed by atoms with Crippen molar-refractivity contribution in [1.29, 1.82) is 0 Å². The highest BCUT2D eigenvalue weighted by molar-refractivity contribution is 7.89. The van der Waals surface area contributed by atoms with E-state index in [4.69, 9.17) is 16.3 Å². The third-order valence-electron chi connectivity index (χ3n) is 4.11. The van der Waals surface area contributed by atoms with Gasteiger partial charge in [0.2, 0.25) is 10.0 Å². The van der Waals surface area contributed by atoms with Crippen LogP contribution in [0.4, 0.5) is 0 Å². The van der Waals surface area contributed by atoms with Crippen LogP contribution in [0.1, 0.15) is 16.8 Å². The van der Waals surface area contributed by atoms with Gasteiger partial charge in [0, 0.05) is 18.1 Å². The van der Waals surface area contributed by atoms with Crippen LogP contribution in [0.5, 0.6) is 5.75 Å². The summed E-state index contributed by atoms with van der Waals surface area (Å²) in [5.74, 6) is -0.00463. The number of esters is 1. The standard InChI is InChI=1S/C20H19ClN2O5S/c1-27-20(24)15-8-9-16(21)18(13-15)29(25,26)23-11-4-12-28-17-7-2-5-14-6-3-10-22-19(14)17/h2-3,5-10,13,23H,4,11-12H2,1H3. The molecule has 0 fully saturated rings. The lowest BCUT2D eigenvalue weighted by molar-refractivity contribution is 0.0600. The third-order valence-corrected chi connectivity index (χ3v) is 6.05. The number of pyridine rings is 1. The van der Waals surface area contributed by atoms with E-state index in [1.54, 1.807) is 6.20 Å².